The quantitative estimate of drug-likeness (QED) is 0.703. The van der Waals surface area contributed by atoms with Crippen LogP contribution in [-0.2, 0) is 5.41 Å². The number of benzene rings is 1. The molecule has 1 amide bonds. The maximum absolute atomic E-state index is 13.4. The number of aromatic nitrogens is 3. The molecule has 1 atom stereocenters. The number of hydrogen-bond donors (Lipinski definition) is 1. The van der Waals surface area contributed by atoms with E-state index in [0.29, 0.717) is 40.8 Å². The van der Waals surface area contributed by atoms with Crippen molar-refractivity contribution in [1.82, 2.24) is 19.9 Å². The van der Waals surface area contributed by atoms with Crippen LogP contribution < -0.4 is 10.3 Å². The van der Waals surface area contributed by atoms with Gasteiger partial charge in [0.15, 0.2) is 10.3 Å². The first-order chi connectivity index (χ1) is 14.1. The fraction of sp³-hybridized carbons (Fsp3) is 0.400. The standard InChI is InChI=1S/C20H19FN4O3S/c21-11-20(8-9-20)18-23-15(26)14-17(24-18)29-16(22-14)13-7-4-10-25(13)19(27)28-12-5-2-1-3-6-12/h1-3,5-6,13H,4,7-11H2,(H,23,24,26)/t13-/m1/s1. The Morgan fingerprint density at radius 3 is 2.83 bits per heavy atom. The van der Waals surface area contributed by atoms with E-state index in [-0.39, 0.29) is 17.1 Å². The van der Waals surface area contributed by atoms with Crippen LogP contribution in [0.2, 0.25) is 0 Å². The number of carbonyl (C=O) groups excluding carboxylic acids is 1. The van der Waals surface area contributed by atoms with Gasteiger partial charge in [-0.2, -0.15) is 0 Å². The van der Waals surface area contributed by atoms with Gasteiger partial charge in [-0.3, -0.25) is 9.69 Å². The molecule has 1 aromatic carbocycles. The van der Waals surface area contributed by atoms with Gasteiger partial charge in [0.25, 0.3) is 5.56 Å². The van der Waals surface area contributed by atoms with Crippen molar-refractivity contribution in [3.63, 3.8) is 0 Å². The molecule has 1 N–H and O–H groups in total. The van der Waals surface area contributed by atoms with Crippen LogP contribution in [0.25, 0.3) is 10.3 Å². The third-order valence-electron chi connectivity index (χ3n) is 5.62. The van der Waals surface area contributed by atoms with Crippen molar-refractivity contribution in [2.75, 3.05) is 13.2 Å². The number of rotatable bonds is 4. The molecule has 29 heavy (non-hydrogen) atoms. The molecule has 2 aliphatic rings. The third kappa shape index (κ3) is 3.19. The molecule has 0 bridgehead atoms. The van der Waals surface area contributed by atoms with Crippen LogP contribution in [0, 0.1) is 0 Å². The summed E-state index contributed by atoms with van der Waals surface area (Å²) < 4.78 is 18.9. The molecule has 3 heterocycles. The summed E-state index contributed by atoms with van der Waals surface area (Å²) >= 11 is 1.29. The Labute approximate surface area is 169 Å². The maximum atomic E-state index is 13.4. The minimum atomic E-state index is -0.642. The monoisotopic (exact) mass is 414 g/mol. The molecule has 9 heteroatoms. The van der Waals surface area contributed by atoms with Crippen molar-refractivity contribution in [2.24, 2.45) is 0 Å². The second-order valence-electron chi connectivity index (χ2n) is 7.57. The minimum absolute atomic E-state index is 0.242. The first-order valence-corrected chi connectivity index (χ1v) is 10.4. The molecule has 1 saturated carbocycles. The van der Waals surface area contributed by atoms with Gasteiger partial charge in [0, 0.05) is 6.54 Å². The van der Waals surface area contributed by atoms with Gasteiger partial charge >= 0.3 is 6.09 Å². The zero-order valence-electron chi connectivity index (χ0n) is 15.6. The normalized spacial score (nSPS) is 20.2. The highest BCUT2D eigenvalue weighted by atomic mass is 32.1. The third-order valence-corrected chi connectivity index (χ3v) is 6.67. The maximum Gasteiger partial charge on any atom is 0.415 e. The molecule has 150 valence electrons. The van der Waals surface area contributed by atoms with E-state index >= 15 is 0 Å². The molecule has 5 rings (SSSR count). The second-order valence-corrected chi connectivity index (χ2v) is 8.58. The summed E-state index contributed by atoms with van der Waals surface area (Å²) in [5.74, 6) is 0.885. The molecule has 0 unspecified atom stereocenters. The van der Waals surface area contributed by atoms with E-state index in [9.17, 15) is 14.0 Å². The molecular weight excluding hydrogens is 395 g/mol. The van der Waals surface area contributed by atoms with E-state index in [1.807, 2.05) is 6.07 Å². The van der Waals surface area contributed by atoms with Gasteiger partial charge in [0.1, 0.15) is 23.3 Å². The van der Waals surface area contributed by atoms with Gasteiger partial charge in [-0.1, -0.05) is 29.5 Å². The number of ether oxygens (including phenoxy) is 1. The van der Waals surface area contributed by atoms with Crippen molar-refractivity contribution >= 4 is 27.8 Å². The smallest absolute Gasteiger partial charge is 0.410 e. The Hall–Kier alpha value is -2.81. The first-order valence-electron chi connectivity index (χ1n) is 9.60. The van der Waals surface area contributed by atoms with Crippen LogP contribution in [0.3, 0.4) is 0 Å². The Morgan fingerprint density at radius 2 is 2.10 bits per heavy atom. The Bertz CT molecular complexity index is 1130. The second kappa shape index (κ2) is 6.91. The van der Waals surface area contributed by atoms with Crippen molar-refractivity contribution in [3.8, 4) is 5.75 Å². The average molecular weight is 414 g/mol. The van der Waals surface area contributed by atoms with Gasteiger partial charge in [0.2, 0.25) is 0 Å². The zero-order chi connectivity index (χ0) is 20.0. The number of likely N-dealkylation sites (tertiary alicyclic amines) is 1. The zero-order valence-corrected chi connectivity index (χ0v) is 16.4. The van der Waals surface area contributed by atoms with Crippen molar-refractivity contribution in [1.29, 1.82) is 0 Å². The largest absolute Gasteiger partial charge is 0.415 e. The molecule has 7 nitrogen and oxygen atoms in total. The summed E-state index contributed by atoms with van der Waals surface area (Å²) in [4.78, 5) is 39.0. The number of nitrogens with zero attached hydrogens (tertiary/aromatic N) is 3. The number of alkyl halides is 1. The topological polar surface area (TPSA) is 88.2 Å². The summed E-state index contributed by atoms with van der Waals surface area (Å²) in [7, 11) is 0. The lowest BCUT2D eigenvalue weighted by molar-refractivity contribution is 0.147. The highest BCUT2D eigenvalue weighted by molar-refractivity contribution is 7.18. The first kappa shape index (κ1) is 18.2. The van der Waals surface area contributed by atoms with Gasteiger partial charge < -0.3 is 9.72 Å². The average Bonchev–Trinajstić information content (AvgIpc) is 3.17. The molecule has 0 radical (unpaired) electrons. The number of amides is 1. The van der Waals surface area contributed by atoms with Crippen molar-refractivity contribution in [2.45, 2.75) is 37.1 Å². The molecule has 2 fully saturated rings. The SMILES string of the molecule is O=C(Oc1ccccc1)N1CCC[C@@H]1c1nc2c(=O)[nH]c(C3(CF)CC3)nc2s1. The van der Waals surface area contributed by atoms with E-state index < -0.39 is 18.2 Å². The van der Waals surface area contributed by atoms with E-state index in [1.165, 1.54) is 11.3 Å². The van der Waals surface area contributed by atoms with E-state index in [1.54, 1.807) is 29.2 Å². The number of thiazole rings is 1. The highest BCUT2D eigenvalue weighted by Crippen LogP contribution is 2.47. The van der Waals surface area contributed by atoms with Gasteiger partial charge in [-0.15, -0.1) is 0 Å². The molecule has 1 saturated heterocycles. The molecule has 2 aromatic heterocycles. The van der Waals surface area contributed by atoms with Crippen LogP contribution in [0.4, 0.5) is 9.18 Å². The summed E-state index contributed by atoms with van der Waals surface area (Å²) in [5.41, 5.74) is -0.758. The number of carbonyl (C=O) groups is 1. The molecule has 1 aliphatic carbocycles. The van der Waals surface area contributed by atoms with E-state index in [0.717, 1.165) is 12.8 Å². The predicted molar refractivity (Wildman–Crippen MR) is 106 cm³/mol. The van der Waals surface area contributed by atoms with Crippen LogP contribution in [0.5, 0.6) is 5.75 Å². The van der Waals surface area contributed by atoms with Crippen molar-refractivity contribution < 1.29 is 13.9 Å². The van der Waals surface area contributed by atoms with Crippen LogP contribution >= 0.6 is 11.3 Å². The van der Waals surface area contributed by atoms with E-state index in [4.69, 9.17) is 4.74 Å². The number of para-hydroxylation sites is 1. The Kier molecular flexibility index (Phi) is 4.34. The lowest BCUT2D eigenvalue weighted by Crippen LogP contribution is -2.33. The van der Waals surface area contributed by atoms with Crippen LogP contribution in [0.1, 0.15) is 42.6 Å². The lowest BCUT2D eigenvalue weighted by atomic mass is 10.1. The number of H-pyrrole nitrogens is 1. The van der Waals surface area contributed by atoms with Crippen LogP contribution in [-0.4, -0.2) is 39.2 Å². The van der Waals surface area contributed by atoms with Crippen molar-refractivity contribution in [3.05, 3.63) is 51.5 Å². The molecule has 1 aliphatic heterocycles. The fourth-order valence-electron chi connectivity index (χ4n) is 3.72. The number of halogens is 1. The van der Waals surface area contributed by atoms with Gasteiger partial charge in [0.05, 0.1) is 11.5 Å². The summed E-state index contributed by atoms with van der Waals surface area (Å²) in [5, 5.41) is 0.655. The van der Waals surface area contributed by atoms with Crippen LogP contribution in [0.15, 0.2) is 35.1 Å². The molecule has 3 aromatic rings. The fourth-order valence-corrected chi connectivity index (χ4v) is 4.80. The van der Waals surface area contributed by atoms with Gasteiger partial charge in [-0.05, 0) is 37.8 Å². The molecular formula is C20H19FN4O3S. The predicted octanol–water partition coefficient (Wildman–Crippen LogP) is 3.72. The number of hydrogen-bond acceptors (Lipinski definition) is 6. The van der Waals surface area contributed by atoms with E-state index in [2.05, 4.69) is 15.0 Å². The lowest BCUT2D eigenvalue weighted by Gasteiger charge is -2.22. The summed E-state index contributed by atoms with van der Waals surface area (Å²) in [6, 6.07) is 8.65. The summed E-state index contributed by atoms with van der Waals surface area (Å²) in [6.45, 7) is 0.0289. The highest BCUT2D eigenvalue weighted by Gasteiger charge is 2.47. The van der Waals surface area contributed by atoms with Gasteiger partial charge in [-0.25, -0.2) is 19.2 Å². The Morgan fingerprint density at radius 1 is 1.31 bits per heavy atom. The number of fused-ring (bicyclic) bond motifs is 1. The number of nitrogens with one attached hydrogen (secondary N) is 1. The number of aromatic amines is 1. The summed E-state index contributed by atoms with van der Waals surface area (Å²) in [6.07, 6.45) is 2.50. The Balaban J connectivity index is 1.44. The molecule has 0 spiro atoms. The minimum Gasteiger partial charge on any atom is -0.410 e.